The molecule has 2 aliphatic rings. The van der Waals surface area contributed by atoms with E-state index in [1.54, 1.807) is 7.11 Å². The maximum absolute atomic E-state index is 13.1. The van der Waals surface area contributed by atoms with Crippen molar-refractivity contribution in [1.29, 1.82) is 0 Å². The number of hydrogen-bond acceptors (Lipinski definition) is 3. The topological polar surface area (TPSA) is 49.9 Å². The Bertz CT molecular complexity index is 626. The molecule has 2 amide bonds. The average molecular weight is 373 g/mol. The first-order valence-corrected chi connectivity index (χ1v) is 10.3. The fourth-order valence-corrected chi connectivity index (χ4v) is 4.37. The Kier molecular flexibility index (Phi) is 6.89. The molecule has 5 heteroatoms. The number of methoxy groups -OCH3 is 1. The van der Waals surface area contributed by atoms with Gasteiger partial charge in [0.1, 0.15) is 0 Å². The Morgan fingerprint density at radius 1 is 1.15 bits per heavy atom. The van der Waals surface area contributed by atoms with E-state index in [1.165, 1.54) is 0 Å². The van der Waals surface area contributed by atoms with Crippen LogP contribution in [0.4, 0.5) is 0 Å². The predicted octanol–water partition coefficient (Wildman–Crippen LogP) is 3.23. The lowest BCUT2D eigenvalue weighted by atomic mass is 9.86. The number of benzene rings is 1. The van der Waals surface area contributed by atoms with Crippen LogP contribution in [-0.4, -0.2) is 54.0 Å². The molecule has 1 aliphatic carbocycles. The molecule has 3 rings (SSSR count). The zero-order valence-corrected chi connectivity index (χ0v) is 16.6. The molecule has 0 aromatic heterocycles. The van der Waals surface area contributed by atoms with E-state index in [0.29, 0.717) is 32.2 Å². The van der Waals surface area contributed by atoms with Crippen molar-refractivity contribution in [1.82, 2.24) is 9.80 Å². The first-order chi connectivity index (χ1) is 13.1. The fourth-order valence-electron chi connectivity index (χ4n) is 4.37. The summed E-state index contributed by atoms with van der Waals surface area (Å²) in [5, 5.41) is 0. The Balaban J connectivity index is 1.66. The zero-order valence-electron chi connectivity index (χ0n) is 16.6. The maximum Gasteiger partial charge on any atom is 0.225 e. The highest BCUT2D eigenvalue weighted by molar-refractivity contribution is 5.82. The van der Waals surface area contributed by atoms with Crippen LogP contribution in [0.3, 0.4) is 0 Å². The van der Waals surface area contributed by atoms with Crippen LogP contribution < -0.4 is 0 Å². The quantitative estimate of drug-likeness (QED) is 0.797. The summed E-state index contributed by atoms with van der Waals surface area (Å²) in [5.74, 6) is 0.478. The number of rotatable bonds is 5. The molecule has 0 radical (unpaired) electrons. The second-order valence-electron chi connectivity index (χ2n) is 7.81. The summed E-state index contributed by atoms with van der Waals surface area (Å²) in [7, 11) is 1.75. The SMILES string of the molecule is CCC1CN(C(=O)C2CCC(OC)CC2)CCC(=O)N1Cc1ccccc1. The lowest BCUT2D eigenvalue weighted by Crippen LogP contribution is -2.45. The number of carbonyl (C=O) groups excluding carboxylic acids is 2. The van der Waals surface area contributed by atoms with Crippen LogP contribution in [-0.2, 0) is 20.9 Å². The van der Waals surface area contributed by atoms with Crippen molar-refractivity contribution in [2.45, 2.75) is 64.1 Å². The van der Waals surface area contributed by atoms with Gasteiger partial charge in [0.05, 0.1) is 6.10 Å². The Morgan fingerprint density at radius 3 is 2.48 bits per heavy atom. The van der Waals surface area contributed by atoms with Crippen molar-refractivity contribution in [3.8, 4) is 0 Å². The minimum atomic E-state index is 0.0828. The smallest absolute Gasteiger partial charge is 0.225 e. The third-order valence-electron chi connectivity index (χ3n) is 6.12. The van der Waals surface area contributed by atoms with E-state index in [-0.39, 0.29) is 23.8 Å². The molecule has 1 unspecified atom stereocenters. The molecular formula is C22H32N2O3. The third-order valence-corrected chi connectivity index (χ3v) is 6.12. The average Bonchev–Trinajstić information content (AvgIpc) is 2.87. The van der Waals surface area contributed by atoms with Gasteiger partial charge in [-0.25, -0.2) is 0 Å². The summed E-state index contributed by atoms with van der Waals surface area (Å²) in [6, 6.07) is 10.2. The number of ether oxygens (including phenoxy) is 1. The van der Waals surface area contributed by atoms with Gasteiger partial charge in [0, 0.05) is 45.1 Å². The standard InChI is InChI=1S/C22H32N2O3/c1-3-19-16-23(22(26)18-9-11-20(27-2)12-10-18)14-13-21(25)24(19)15-17-7-5-4-6-8-17/h4-8,18-20H,3,9-16H2,1-2H3. The molecule has 5 nitrogen and oxygen atoms in total. The highest BCUT2D eigenvalue weighted by atomic mass is 16.5. The van der Waals surface area contributed by atoms with Gasteiger partial charge in [-0.1, -0.05) is 37.3 Å². The van der Waals surface area contributed by atoms with Crippen molar-refractivity contribution in [2.75, 3.05) is 20.2 Å². The second kappa shape index (κ2) is 9.36. The highest BCUT2D eigenvalue weighted by Crippen LogP contribution is 2.28. The molecule has 148 valence electrons. The van der Waals surface area contributed by atoms with Gasteiger partial charge in [0.15, 0.2) is 0 Å². The van der Waals surface area contributed by atoms with E-state index in [4.69, 9.17) is 4.74 Å². The molecule has 1 heterocycles. The molecule has 1 aromatic carbocycles. The molecule has 0 spiro atoms. The number of nitrogens with zero attached hydrogens (tertiary/aromatic N) is 2. The molecular weight excluding hydrogens is 340 g/mol. The fraction of sp³-hybridized carbons (Fsp3) is 0.636. The second-order valence-corrected chi connectivity index (χ2v) is 7.81. The number of carbonyl (C=O) groups is 2. The largest absolute Gasteiger partial charge is 0.381 e. The Morgan fingerprint density at radius 2 is 1.85 bits per heavy atom. The van der Waals surface area contributed by atoms with Gasteiger partial charge in [-0.15, -0.1) is 0 Å². The molecule has 1 saturated heterocycles. The maximum atomic E-state index is 13.1. The van der Waals surface area contributed by atoms with Crippen molar-refractivity contribution >= 4 is 11.8 Å². The Hall–Kier alpha value is -1.88. The van der Waals surface area contributed by atoms with Crippen LogP contribution in [0.15, 0.2) is 30.3 Å². The zero-order chi connectivity index (χ0) is 19.2. The van der Waals surface area contributed by atoms with Crippen LogP contribution in [0.25, 0.3) is 0 Å². The van der Waals surface area contributed by atoms with Gasteiger partial charge >= 0.3 is 0 Å². The van der Waals surface area contributed by atoms with Gasteiger partial charge in [0.2, 0.25) is 11.8 Å². The lowest BCUT2D eigenvalue weighted by molar-refractivity contribution is -0.138. The van der Waals surface area contributed by atoms with Gasteiger partial charge < -0.3 is 14.5 Å². The van der Waals surface area contributed by atoms with Gasteiger partial charge in [0.25, 0.3) is 0 Å². The normalized spacial score (nSPS) is 26.7. The van der Waals surface area contributed by atoms with E-state index >= 15 is 0 Å². The van der Waals surface area contributed by atoms with E-state index in [9.17, 15) is 9.59 Å². The van der Waals surface area contributed by atoms with Crippen molar-refractivity contribution < 1.29 is 14.3 Å². The van der Waals surface area contributed by atoms with Gasteiger partial charge in [-0.05, 0) is 37.7 Å². The van der Waals surface area contributed by atoms with Crippen LogP contribution >= 0.6 is 0 Å². The third kappa shape index (κ3) is 4.89. The predicted molar refractivity (Wildman–Crippen MR) is 105 cm³/mol. The van der Waals surface area contributed by atoms with Crippen LogP contribution in [0.2, 0.25) is 0 Å². The molecule has 0 N–H and O–H groups in total. The summed E-state index contributed by atoms with van der Waals surface area (Å²) >= 11 is 0. The highest BCUT2D eigenvalue weighted by Gasteiger charge is 2.34. The molecule has 0 bridgehead atoms. The molecule has 1 atom stereocenters. The van der Waals surface area contributed by atoms with Crippen molar-refractivity contribution in [3.63, 3.8) is 0 Å². The van der Waals surface area contributed by atoms with Crippen molar-refractivity contribution in [3.05, 3.63) is 35.9 Å². The monoisotopic (exact) mass is 372 g/mol. The minimum absolute atomic E-state index is 0.0828. The van der Waals surface area contributed by atoms with E-state index in [2.05, 4.69) is 19.1 Å². The Labute approximate surface area is 162 Å². The van der Waals surface area contributed by atoms with Crippen LogP contribution in [0.5, 0.6) is 0 Å². The molecule has 27 heavy (non-hydrogen) atoms. The lowest BCUT2D eigenvalue weighted by Gasteiger charge is -2.34. The van der Waals surface area contributed by atoms with E-state index in [1.807, 2.05) is 28.0 Å². The molecule has 2 fully saturated rings. The first kappa shape index (κ1) is 19.9. The summed E-state index contributed by atoms with van der Waals surface area (Å²) in [6.07, 6.45) is 5.28. The first-order valence-electron chi connectivity index (χ1n) is 10.3. The molecule has 1 aliphatic heterocycles. The number of hydrogen-bond donors (Lipinski definition) is 0. The summed E-state index contributed by atoms with van der Waals surface area (Å²) in [4.78, 5) is 29.8. The van der Waals surface area contributed by atoms with Gasteiger partial charge in [-0.3, -0.25) is 9.59 Å². The summed E-state index contributed by atoms with van der Waals surface area (Å²) in [6.45, 7) is 3.93. The molecule has 1 aromatic rings. The van der Waals surface area contributed by atoms with Gasteiger partial charge in [-0.2, -0.15) is 0 Å². The van der Waals surface area contributed by atoms with E-state index in [0.717, 1.165) is 37.7 Å². The molecule has 1 saturated carbocycles. The van der Waals surface area contributed by atoms with Crippen molar-refractivity contribution in [2.24, 2.45) is 5.92 Å². The van der Waals surface area contributed by atoms with Crippen LogP contribution in [0.1, 0.15) is 51.0 Å². The summed E-state index contributed by atoms with van der Waals surface area (Å²) in [5.41, 5.74) is 1.14. The van der Waals surface area contributed by atoms with Crippen LogP contribution in [0, 0.1) is 5.92 Å². The minimum Gasteiger partial charge on any atom is -0.381 e. The van der Waals surface area contributed by atoms with E-state index < -0.39 is 0 Å². The summed E-state index contributed by atoms with van der Waals surface area (Å²) < 4.78 is 5.43. The number of amides is 2.